The second-order valence-corrected chi connectivity index (χ2v) is 6.04. The summed E-state index contributed by atoms with van der Waals surface area (Å²) in [6.07, 6.45) is 0. The summed E-state index contributed by atoms with van der Waals surface area (Å²) in [5, 5.41) is 13.3. The van der Waals surface area contributed by atoms with Crippen molar-refractivity contribution < 1.29 is 9.72 Å². The molecule has 0 saturated carbocycles. The van der Waals surface area contributed by atoms with Gasteiger partial charge in [0, 0.05) is 23.0 Å². The third-order valence-corrected chi connectivity index (χ3v) is 4.32. The summed E-state index contributed by atoms with van der Waals surface area (Å²) >= 11 is 7.40. The fourth-order valence-electron chi connectivity index (χ4n) is 1.90. The number of carbonyl (C=O) groups is 1. The molecule has 1 heterocycles. The Morgan fingerprint density at radius 1 is 1.43 bits per heavy atom. The Morgan fingerprint density at radius 3 is 2.71 bits per heavy atom. The molecule has 1 aromatic carbocycles. The van der Waals surface area contributed by atoms with Crippen LogP contribution in [0, 0.1) is 17.0 Å². The van der Waals surface area contributed by atoms with E-state index >= 15 is 0 Å². The van der Waals surface area contributed by atoms with Gasteiger partial charge in [0.05, 0.1) is 11.5 Å². The maximum absolute atomic E-state index is 12.4. The van der Waals surface area contributed by atoms with E-state index in [9.17, 15) is 14.9 Å². The van der Waals surface area contributed by atoms with Crippen LogP contribution < -0.4 is 0 Å². The summed E-state index contributed by atoms with van der Waals surface area (Å²) < 4.78 is 0. The van der Waals surface area contributed by atoms with E-state index in [4.69, 9.17) is 11.6 Å². The van der Waals surface area contributed by atoms with Gasteiger partial charge in [-0.2, -0.15) is 0 Å². The van der Waals surface area contributed by atoms with Gasteiger partial charge < -0.3 is 4.90 Å². The zero-order valence-corrected chi connectivity index (χ0v) is 13.1. The molecule has 0 aliphatic heterocycles. The van der Waals surface area contributed by atoms with Gasteiger partial charge >= 0.3 is 0 Å². The smallest absolute Gasteiger partial charge is 0.282 e. The van der Waals surface area contributed by atoms with Gasteiger partial charge in [0.25, 0.3) is 11.6 Å². The minimum atomic E-state index is -0.576. The molecule has 2 aromatic rings. The zero-order chi connectivity index (χ0) is 15.6. The van der Waals surface area contributed by atoms with Gasteiger partial charge in [-0.25, -0.2) is 0 Å². The number of nitro benzene ring substituents is 1. The molecule has 0 unspecified atom stereocenters. The molecule has 0 radical (unpaired) electrons. The van der Waals surface area contributed by atoms with Crippen LogP contribution in [-0.2, 0) is 6.54 Å². The van der Waals surface area contributed by atoms with E-state index in [0.29, 0.717) is 11.6 Å². The minimum Gasteiger partial charge on any atom is -0.336 e. The first-order valence-corrected chi connectivity index (χ1v) is 7.38. The topological polar surface area (TPSA) is 63.5 Å². The summed E-state index contributed by atoms with van der Waals surface area (Å²) in [6.45, 7) is 2.37. The van der Waals surface area contributed by atoms with E-state index in [-0.39, 0.29) is 11.3 Å². The number of halogens is 1. The van der Waals surface area contributed by atoms with Crippen LogP contribution in [0.5, 0.6) is 0 Å². The first-order chi connectivity index (χ1) is 9.90. The number of carbonyl (C=O) groups excluding carboxylic acids is 1. The maximum Gasteiger partial charge on any atom is 0.282 e. The summed E-state index contributed by atoms with van der Waals surface area (Å²) in [6, 6.07) is 5.96. The molecule has 110 valence electrons. The van der Waals surface area contributed by atoms with Crippen molar-refractivity contribution in [1.29, 1.82) is 0 Å². The Bertz CT molecular complexity index is 699. The van der Waals surface area contributed by atoms with E-state index in [0.717, 1.165) is 10.4 Å². The van der Waals surface area contributed by atoms with E-state index < -0.39 is 10.8 Å². The monoisotopic (exact) mass is 324 g/mol. The Labute approximate surface area is 130 Å². The van der Waals surface area contributed by atoms with Crippen molar-refractivity contribution in [2.45, 2.75) is 13.5 Å². The molecule has 0 atom stereocenters. The van der Waals surface area contributed by atoms with Gasteiger partial charge in [-0.1, -0.05) is 11.6 Å². The lowest BCUT2D eigenvalue weighted by Gasteiger charge is -2.17. The summed E-state index contributed by atoms with van der Waals surface area (Å²) in [4.78, 5) is 25.4. The lowest BCUT2D eigenvalue weighted by atomic mass is 10.1. The fraction of sp³-hybridized carbons (Fsp3) is 0.214. The van der Waals surface area contributed by atoms with Crippen LogP contribution in [0.1, 0.15) is 20.8 Å². The highest BCUT2D eigenvalue weighted by atomic mass is 35.5. The van der Waals surface area contributed by atoms with Gasteiger partial charge in [0.2, 0.25) is 0 Å². The van der Waals surface area contributed by atoms with Crippen LogP contribution >= 0.6 is 22.9 Å². The average Bonchev–Trinajstić information content (AvgIpc) is 2.83. The van der Waals surface area contributed by atoms with Crippen molar-refractivity contribution in [2.75, 3.05) is 7.05 Å². The minimum absolute atomic E-state index is 0.00390. The van der Waals surface area contributed by atoms with Crippen LogP contribution in [0.4, 0.5) is 5.69 Å². The maximum atomic E-state index is 12.4. The van der Waals surface area contributed by atoms with Crippen molar-refractivity contribution in [3.8, 4) is 0 Å². The second-order valence-electron chi connectivity index (χ2n) is 4.61. The van der Waals surface area contributed by atoms with Gasteiger partial charge in [-0.3, -0.25) is 14.9 Å². The first kappa shape index (κ1) is 15.5. The molecule has 0 N–H and O–H groups in total. The molecule has 5 nitrogen and oxygen atoms in total. The quantitative estimate of drug-likeness (QED) is 0.633. The standard InChI is InChI=1S/C14H13ClN2O3S/c1-9-5-6-21-13(9)8-16(2)14(18)11-7-10(15)3-4-12(11)17(19)20/h3-7H,8H2,1-2H3. The Balaban J connectivity index is 2.29. The predicted molar refractivity (Wildman–Crippen MR) is 83.0 cm³/mol. The lowest BCUT2D eigenvalue weighted by Crippen LogP contribution is -2.26. The predicted octanol–water partition coefficient (Wildman–Crippen LogP) is 3.89. The lowest BCUT2D eigenvalue weighted by molar-refractivity contribution is -0.385. The van der Waals surface area contributed by atoms with E-state index in [1.165, 1.54) is 23.1 Å². The van der Waals surface area contributed by atoms with Gasteiger partial charge in [0.15, 0.2) is 0 Å². The highest BCUT2D eigenvalue weighted by molar-refractivity contribution is 7.10. The molecule has 21 heavy (non-hydrogen) atoms. The summed E-state index contributed by atoms with van der Waals surface area (Å²) in [5.74, 6) is -0.419. The van der Waals surface area contributed by atoms with Crippen LogP contribution in [0.3, 0.4) is 0 Å². The molecule has 0 fully saturated rings. The summed E-state index contributed by atoms with van der Waals surface area (Å²) in [5.41, 5.74) is 0.864. The number of aryl methyl sites for hydroxylation is 1. The molecule has 0 bridgehead atoms. The number of nitro groups is 1. The second kappa shape index (κ2) is 6.24. The highest BCUT2D eigenvalue weighted by Gasteiger charge is 2.23. The number of benzene rings is 1. The molecule has 0 spiro atoms. The molecular formula is C14H13ClN2O3S. The number of nitrogens with zero attached hydrogens (tertiary/aromatic N) is 2. The van der Waals surface area contributed by atoms with Gasteiger partial charge in [-0.05, 0) is 36.1 Å². The van der Waals surface area contributed by atoms with E-state index in [2.05, 4.69) is 0 Å². The highest BCUT2D eigenvalue weighted by Crippen LogP contribution is 2.25. The molecule has 0 aliphatic rings. The number of rotatable bonds is 4. The number of hydrogen-bond acceptors (Lipinski definition) is 4. The third kappa shape index (κ3) is 3.40. The Hall–Kier alpha value is -1.92. The largest absolute Gasteiger partial charge is 0.336 e. The van der Waals surface area contributed by atoms with Crippen molar-refractivity contribution in [1.82, 2.24) is 4.90 Å². The third-order valence-electron chi connectivity index (χ3n) is 3.08. The Morgan fingerprint density at radius 2 is 2.14 bits per heavy atom. The molecule has 7 heteroatoms. The van der Waals surface area contributed by atoms with Crippen molar-refractivity contribution in [3.05, 3.63) is 60.8 Å². The molecule has 0 aliphatic carbocycles. The summed E-state index contributed by atoms with van der Waals surface area (Å²) in [7, 11) is 1.62. The number of hydrogen-bond donors (Lipinski definition) is 0. The van der Waals surface area contributed by atoms with E-state index in [1.807, 2.05) is 18.4 Å². The van der Waals surface area contributed by atoms with Crippen molar-refractivity contribution in [3.63, 3.8) is 0 Å². The number of amides is 1. The molecule has 1 amide bonds. The molecule has 1 aromatic heterocycles. The average molecular weight is 325 g/mol. The van der Waals surface area contributed by atoms with Gasteiger partial charge in [-0.15, -0.1) is 11.3 Å². The van der Waals surface area contributed by atoms with Crippen molar-refractivity contribution >= 4 is 34.5 Å². The fourth-order valence-corrected chi connectivity index (χ4v) is 3.03. The molecular weight excluding hydrogens is 312 g/mol. The van der Waals surface area contributed by atoms with Crippen molar-refractivity contribution in [2.24, 2.45) is 0 Å². The van der Waals surface area contributed by atoms with Crippen LogP contribution in [0.25, 0.3) is 0 Å². The van der Waals surface area contributed by atoms with Crippen LogP contribution in [0.15, 0.2) is 29.6 Å². The van der Waals surface area contributed by atoms with Crippen LogP contribution in [0.2, 0.25) is 5.02 Å². The molecule has 2 rings (SSSR count). The Kier molecular flexibility index (Phi) is 4.59. The molecule has 0 saturated heterocycles. The van der Waals surface area contributed by atoms with Gasteiger partial charge in [0.1, 0.15) is 5.56 Å². The normalized spacial score (nSPS) is 10.4. The SMILES string of the molecule is Cc1ccsc1CN(C)C(=O)c1cc(Cl)ccc1[N+](=O)[O-]. The number of thiophene rings is 1. The zero-order valence-electron chi connectivity index (χ0n) is 11.5. The first-order valence-electron chi connectivity index (χ1n) is 6.12. The van der Waals surface area contributed by atoms with Crippen LogP contribution in [-0.4, -0.2) is 22.8 Å². The van der Waals surface area contributed by atoms with E-state index in [1.54, 1.807) is 18.4 Å².